The van der Waals surface area contributed by atoms with Crippen LogP contribution in [-0.4, -0.2) is 24.0 Å². The summed E-state index contributed by atoms with van der Waals surface area (Å²) in [6.07, 6.45) is 2.31. The van der Waals surface area contributed by atoms with E-state index < -0.39 is 5.41 Å². The van der Waals surface area contributed by atoms with Gasteiger partial charge in [-0.1, -0.05) is 44.5 Å². The molecule has 25 heavy (non-hydrogen) atoms. The molecule has 1 saturated carbocycles. The van der Waals surface area contributed by atoms with Crippen LogP contribution in [-0.2, 0) is 19.7 Å². The molecule has 1 amide bonds. The highest BCUT2D eigenvalue weighted by Gasteiger charge is 2.52. The maximum Gasteiger partial charge on any atom is 0.317 e. The highest BCUT2D eigenvalue weighted by molar-refractivity contribution is 6.30. The summed E-state index contributed by atoms with van der Waals surface area (Å²) in [5, 5.41) is 3.59. The summed E-state index contributed by atoms with van der Waals surface area (Å²) in [7, 11) is 0. The van der Waals surface area contributed by atoms with Crippen molar-refractivity contribution >= 4 is 23.5 Å². The second kappa shape index (κ2) is 6.99. The van der Waals surface area contributed by atoms with E-state index >= 15 is 0 Å². The Morgan fingerprint density at radius 3 is 2.16 bits per heavy atom. The van der Waals surface area contributed by atoms with Gasteiger partial charge in [0.15, 0.2) is 6.61 Å². The molecule has 4 nitrogen and oxygen atoms in total. The smallest absolute Gasteiger partial charge is 0.317 e. The molecule has 1 aromatic carbocycles. The molecule has 0 spiro atoms. The van der Waals surface area contributed by atoms with E-state index in [1.165, 1.54) is 0 Å². The first-order valence-corrected chi connectivity index (χ1v) is 9.06. The average Bonchev–Trinajstić information content (AvgIpc) is 3.24. The molecule has 0 aromatic heterocycles. The molecule has 0 unspecified atom stereocenters. The summed E-state index contributed by atoms with van der Waals surface area (Å²) in [5.74, 6) is -0.604. The largest absolute Gasteiger partial charge is 0.455 e. The van der Waals surface area contributed by atoms with Gasteiger partial charge >= 0.3 is 5.97 Å². The normalized spacial score (nSPS) is 16.2. The van der Waals surface area contributed by atoms with Crippen molar-refractivity contribution < 1.29 is 14.3 Å². The Balaban J connectivity index is 1.89. The maximum atomic E-state index is 12.5. The number of rotatable bonds is 6. The lowest BCUT2D eigenvalue weighted by molar-refractivity contribution is -0.151. The van der Waals surface area contributed by atoms with Crippen LogP contribution in [0.1, 0.15) is 59.4 Å². The fourth-order valence-electron chi connectivity index (χ4n) is 3.56. The lowest BCUT2D eigenvalue weighted by Gasteiger charge is -2.33. The van der Waals surface area contributed by atoms with Crippen LogP contribution in [0.5, 0.6) is 0 Å². The van der Waals surface area contributed by atoms with E-state index in [4.69, 9.17) is 16.3 Å². The summed E-state index contributed by atoms with van der Waals surface area (Å²) < 4.78 is 5.31. The molecule has 0 atom stereocenters. The monoisotopic (exact) mass is 365 g/mol. The first kappa shape index (κ1) is 19.8. The Bertz CT molecular complexity index is 640. The highest BCUT2D eigenvalue weighted by Crippen LogP contribution is 2.49. The van der Waals surface area contributed by atoms with E-state index in [9.17, 15) is 9.59 Å². The quantitative estimate of drug-likeness (QED) is 0.767. The summed E-state index contributed by atoms with van der Waals surface area (Å²) in [5.41, 5.74) is 0.0385. The topological polar surface area (TPSA) is 55.4 Å². The lowest BCUT2D eigenvalue weighted by Crippen LogP contribution is -2.47. The minimum absolute atomic E-state index is 0.0973. The van der Waals surface area contributed by atoms with Gasteiger partial charge in [-0.25, -0.2) is 0 Å². The molecule has 1 N–H and O–H groups in total. The molecule has 0 bridgehead atoms. The Kier molecular flexibility index (Phi) is 5.53. The molecule has 2 rings (SSSR count). The SMILES string of the molecule is CC(C)(C)CC(C)(C)NC(=O)COC(=O)C1(c2ccc(Cl)cc2)CC1. The van der Waals surface area contributed by atoms with Gasteiger partial charge < -0.3 is 10.1 Å². The van der Waals surface area contributed by atoms with Gasteiger partial charge in [0.1, 0.15) is 0 Å². The van der Waals surface area contributed by atoms with Gasteiger partial charge in [0.05, 0.1) is 5.41 Å². The molecule has 1 aromatic rings. The molecular formula is C20H28ClNO3. The molecule has 0 aliphatic heterocycles. The second-order valence-electron chi connectivity index (χ2n) is 8.83. The molecule has 1 fully saturated rings. The van der Waals surface area contributed by atoms with E-state index in [0.717, 1.165) is 24.8 Å². The molecule has 1 aliphatic carbocycles. The number of amides is 1. The van der Waals surface area contributed by atoms with Crippen molar-refractivity contribution in [1.82, 2.24) is 5.32 Å². The van der Waals surface area contributed by atoms with Crippen molar-refractivity contribution in [2.45, 2.75) is 64.8 Å². The summed E-state index contributed by atoms with van der Waals surface area (Å²) in [6.45, 7) is 10.1. The van der Waals surface area contributed by atoms with Crippen molar-refractivity contribution in [3.63, 3.8) is 0 Å². The molecule has 5 heteroatoms. The van der Waals surface area contributed by atoms with Gasteiger partial charge in [-0.05, 0) is 56.2 Å². The van der Waals surface area contributed by atoms with Crippen LogP contribution in [0.3, 0.4) is 0 Å². The first-order valence-electron chi connectivity index (χ1n) is 8.68. The third kappa shape index (κ3) is 5.46. The third-order valence-corrected chi connectivity index (χ3v) is 4.57. The van der Waals surface area contributed by atoms with Crippen molar-refractivity contribution in [3.05, 3.63) is 34.9 Å². The Hall–Kier alpha value is -1.55. The van der Waals surface area contributed by atoms with Crippen LogP contribution in [0.15, 0.2) is 24.3 Å². The van der Waals surface area contributed by atoms with Gasteiger partial charge in [0, 0.05) is 10.6 Å². The Morgan fingerprint density at radius 2 is 1.68 bits per heavy atom. The number of hydrogen-bond donors (Lipinski definition) is 1. The maximum absolute atomic E-state index is 12.5. The van der Waals surface area contributed by atoms with E-state index in [1.807, 2.05) is 26.0 Å². The van der Waals surface area contributed by atoms with E-state index in [2.05, 4.69) is 26.1 Å². The zero-order valence-electron chi connectivity index (χ0n) is 15.7. The van der Waals surface area contributed by atoms with E-state index in [0.29, 0.717) is 5.02 Å². The number of benzene rings is 1. The van der Waals surface area contributed by atoms with Crippen LogP contribution in [0, 0.1) is 5.41 Å². The average molecular weight is 366 g/mol. The number of carbonyl (C=O) groups is 2. The third-order valence-electron chi connectivity index (χ3n) is 4.32. The molecular weight excluding hydrogens is 338 g/mol. The minimum atomic E-state index is -0.605. The van der Waals surface area contributed by atoms with Crippen molar-refractivity contribution in [1.29, 1.82) is 0 Å². The number of hydrogen-bond acceptors (Lipinski definition) is 3. The highest BCUT2D eigenvalue weighted by atomic mass is 35.5. The van der Waals surface area contributed by atoms with Crippen LogP contribution in [0.4, 0.5) is 0 Å². The number of halogens is 1. The van der Waals surface area contributed by atoms with E-state index in [1.54, 1.807) is 12.1 Å². The first-order chi connectivity index (χ1) is 11.4. The molecule has 1 aliphatic rings. The van der Waals surface area contributed by atoms with Crippen LogP contribution in [0.25, 0.3) is 0 Å². The summed E-state index contributed by atoms with van der Waals surface area (Å²) in [6, 6.07) is 7.24. The van der Waals surface area contributed by atoms with Gasteiger partial charge in [-0.3, -0.25) is 9.59 Å². The Morgan fingerprint density at radius 1 is 1.12 bits per heavy atom. The summed E-state index contributed by atoms with van der Waals surface area (Å²) in [4.78, 5) is 24.6. The zero-order chi connectivity index (χ0) is 18.9. The van der Waals surface area contributed by atoms with Gasteiger partial charge in [0.25, 0.3) is 5.91 Å². The standard InChI is InChI=1S/C20H28ClNO3/c1-18(2,3)13-19(4,5)22-16(23)12-25-17(24)20(10-11-20)14-6-8-15(21)9-7-14/h6-9H,10-13H2,1-5H3,(H,22,23). The minimum Gasteiger partial charge on any atom is -0.455 e. The summed E-state index contributed by atoms with van der Waals surface area (Å²) >= 11 is 5.90. The van der Waals surface area contributed by atoms with Crippen molar-refractivity contribution in [2.75, 3.05) is 6.61 Å². The van der Waals surface area contributed by atoms with Crippen LogP contribution < -0.4 is 5.32 Å². The molecule has 0 radical (unpaired) electrons. The molecule has 0 heterocycles. The molecule has 0 saturated heterocycles. The number of esters is 1. The van der Waals surface area contributed by atoms with E-state index in [-0.39, 0.29) is 29.4 Å². The predicted molar refractivity (Wildman–Crippen MR) is 99.6 cm³/mol. The number of ether oxygens (including phenoxy) is 1. The van der Waals surface area contributed by atoms with Crippen LogP contribution in [0.2, 0.25) is 5.02 Å². The van der Waals surface area contributed by atoms with Crippen molar-refractivity contribution in [2.24, 2.45) is 5.41 Å². The fraction of sp³-hybridized carbons (Fsp3) is 0.600. The lowest BCUT2D eigenvalue weighted by atomic mass is 9.82. The van der Waals surface area contributed by atoms with Gasteiger partial charge in [-0.15, -0.1) is 0 Å². The van der Waals surface area contributed by atoms with Gasteiger partial charge in [0.2, 0.25) is 0 Å². The second-order valence-corrected chi connectivity index (χ2v) is 9.27. The van der Waals surface area contributed by atoms with Crippen LogP contribution >= 0.6 is 11.6 Å². The van der Waals surface area contributed by atoms with Crippen molar-refractivity contribution in [3.8, 4) is 0 Å². The predicted octanol–water partition coefficient (Wildman–Crippen LogP) is 4.25. The number of nitrogens with one attached hydrogen (secondary N) is 1. The van der Waals surface area contributed by atoms with Gasteiger partial charge in [-0.2, -0.15) is 0 Å². The molecule has 138 valence electrons. The fourth-order valence-corrected chi connectivity index (χ4v) is 3.68. The number of carbonyl (C=O) groups excluding carboxylic acids is 2. The zero-order valence-corrected chi connectivity index (χ0v) is 16.5. The Labute approximate surface area is 155 Å².